The summed E-state index contributed by atoms with van der Waals surface area (Å²) in [5.74, 6) is 0.439. The summed E-state index contributed by atoms with van der Waals surface area (Å²) in [5, 5.41) is 10.1. The molecular weight excluding hydrogens is 240 g/mol. The van der Waals surface area contributed by atoms with E-state index in [4.69, 9.17) is 9.47 Å². The number of aliphatic hydroxyl groups excluding tert-OH is 1. The van der Waals surface area contributed by atoms with Gasteiger partial charge >= 0.3 is 0 Å². The van der Waals surface area contributed by atoms with E-state index in [9.17, 15) is 5.11 Å². The van der Waals surface area contributed by atoms with Gasteiger partial charge in [-0.05, 0) is 50.9 Å². The molecule has 19 heavy (non-hydrogen) atoms. The van der Waals surface area contributed by atoms with E-state index >= 15 is 0 Å². The van der Waals surface area contributed by atoms with Gasteiger partial charge in [0.15, 0.2) is 6.29 Å². The van der Waals surface area contributed by atoms with Crippen LogP contribution in [-0.4, -0.2) is 30.2 Å². The molecule has 0 aromatic carbocycles. The number of aliphatic hydroxyl groups is 1. The summed E-state index contributed by atoms with van der Waals surface area (Å²) in [6.07, 6.45) is 11.5. The maximum absolute atomic E-state index is 10.1. The Balaban J connectivity index is 1.72. The molecule has 0 bridgehead atoms. The van der Waals surface area contributed by atoms with Crippen molar-refractivity contribution in [1.82, 2.24) is 0 Å². The van der Waals surface area contributed by atoms with Gasteiger partial charge in [-0.15, -0.1) is 0 Å². The summed E-state index contributed by atoms with van der Waals surface area (Å²) >= 11 is 0. The second-order valence-corrected chi connectivity index (χ2v) is 6.19. The molecule has 1 N–H and O–H groups in total. The van der Waals surface area contributed by atoms with Crippen molar-refractivity contribution in [3.63, 3.8) is 0 Å². The van der Waals surface area contributed by atoms with Crippen molar-refractivity contribution in [2.45, 2.75) is 89.6 Å². The standard InChI is InChI=1S/C16H30O3/c1-2-3-4-7-13-12-14(9-10-15(13)17)19-16-8-5-6-11-18-16/h13-17H,2-12H2,1H3. The Kier molecular flexibility index (Phi) is 6.62. The first kappa shape index (κ1) is 15.3. The average molecular weight is 270 g/mol. The maximum atomic E-state index is 10.1. The molecule has 0 spiro atoms. The zero-order valence-corrected chi connectivity index (χ0v) is 12.4. The van der Waals surface area contributed by atoms with Crippen molar-refractivity contribution in [3.05, 3.63) is 0 Å². The van der Waals surface area contributed by atoms with Crippen LogP contribution >= 0.6 is 0 Å². The van der Waals surface area contributed by atoms with Crippen molar-refractivity contribution >= 4 is 0 Å². The van der Waals surface area contributed by atoms with Crippen LogP contribution in [0.5, 0.6) is 0 Å². The lowest BCUT2D eigenvalue weighted by Crippen LogP contribution is -2.36. The van der Waals surface area contributed by atoms with Crippen LogP contribution in [-0.2, 0) is 9.47 Å². The molecule has 112 valence electrons. The van der Waals surface area contributed by atoms with Crippen molar-refractivity contribution in [2.24, 2.45) is 5.92 Å². The Morgan fingerprint density at radius 2 is 2.05 bits per heavy atom. The average Bonchev–Trinajstić information content (AvgIpc) is 2.44. The number of hydrogen-bond acceptors (Lipinski definition) is 3. The van der Waals surface area contributed by atoms with Gasteiger partial charge in [0.2, 0.25) is 0 Å². The van der Waals surface area contributed by atoms with E-state index in [1.54, 1.807) is 0 Å². The lowest BCUT2D eigenvalue weighted by Gasteiger charge is -2.36. The molecule has 4 atom stereocenters. The second-order valence-electron chi connectivity index (χ2n) is 6.19. The van der Waals surface area contributed by atoms with Crippen molar-refractivity contribution in [1.29, 1.82) is 0 Å². The third-order valence-corrected chi connectivity index (χ3v) is 4.55. The van der Waals surface area contributed by atoms with Crippen LogP contribution in [0.3, 0.4) is 0 Å². The zero-order valence-electron chi connectivity index (χ0n) is 12.4. The molecular formula is C16H30O3. The van der Waals surface area contributed by atoms with Crippen LogP contribution < -0.4 is 0 Å². The van der Waals surface area contributed by atoms with Crippen LogP contribution in [0, 0.1) is 5.92 Å². The maximum Gasteiger partial charge on any atom is 0.157 e. The van der Waals surface area contributed by atoms with E-state index in [1.807, 2.05) is 0 Å². The van der Waals surface area contributed by atoms with Gasteiger partial charge in [-0.3, -0.25) is 0 Å². The van der Waals surface area contributed by atoms with Crippen LogP contribution in [0.2, 0.25) is 0 Å². The monoisotopic (exact) mass is 270 g/mol. The molecule has 0 aromatic rings. The normalized spacial score (nSPS) is 36.3. The van der Waals surface area contributed by atoms with Crippen LogP contribution in [0.15, 0.2) is 0 Å². The van der Waals surface area contributed by atoms with Crippen molar-refractivity contribution < 1.29 is 14.6 Å². The molecule has 3 heteroatoms. The highest BCUT2D eigenvalue weighted by atomic mass is 16.7. The van der Waals surface area contributed by atoms with E-state index in [-0.39, 0.29) is 12.4 Å². The Labute approximate surface area is 117 Å². The zero-order chi connectivity index (χ0) is 13.5. The minimum atomic E-state index is -0.107. The topological polar surface area (TPSA) is 38.7 Å². The Morgan fingerprint density at radius 3 is 2.79 bits per heavy atom. The quantitative estimate of drug-likeness (QED) is 0.749. The summed E-state index contributed by atoms with van der Waals surface area (Å²) in [7, 11) is 0. The molecule has 1 saturated heterocycles. The third kappa shape index (κ3) is 5.05. The Morgan fingerprint density at radius 1 is 1.16 bits per heavy atom. The molecule has 2 aliphatic rings. The Bertz CT molecular complexity index is 238. The molecule has 1 aliphatic heterocycles. The highest BCUT2D eigenvalue weighted by Crippen LogP contribution is 2.32. The van der Waals surface area contributed by atoms with Crippen molar-refractivity contribution in [2.75, 3.05) is 6.61 Å². The number of ether oxygens (including phenoxy) is 2. The second kappa shape index (κ2) is 8.23. The van der Waals surface area contributed by atoms with E-state index < -0.39 is 0 Å². The number of unbranched alkanes of at least 4 members (excludes halogenated alkanes) is 2. The van der Waals surface area contributed by atoms with Gasteiger partial charge < -0.3 is 14.6 Å². The fourth-order valence-electron chi connectivity index (χ4n) is 3.33. The van der Waals surface area contributed by atoms with Crippen LogP contribution in [0.25, 0.3) is 0 Å². The van der Waals surface area contributed by atoms with Gasteiger partial charge in [0, 0.05) is 6.61 Å². The lowest BCUT2D eigenvalue weighted by molar-refractivity contribution is -0.200. The molecule has 3 nitrogen and oxygen atoms in total. The van der Waals surface area contributed by atoms with Crippen LogP contribution in [0.1, 0.15) is 71.1 Å². The summed E-state index contributed by atoms with van der Waals surface area (Å²) in [6.45, 7) is 3.07. The predicted octanol–water partition coefficient (Wildman–Crippen LogP) is 3.64. The minimum absolute atomic E-state index is 0.0188. The van der Waals surface area contributed by atoms with Gasteiger partial charge in [0.1, 0.15) is 0 Å². The molecule has 1 heterocycles. The van der Waals surface area contributed by atoms with Gasteiger partial charge in [-0.2, -0.15) is 0 Å². The molecule has 2 rings (SSSR count). The molecule has 4 unspecified atom stereocenters. The summed E-state index contributed by atoms with van der Waals surface area (Å²) in [4.78, 5) is 0. The van der Waals surface area contributed by atoms with Gasteiger partial charge in [0.25, 0.3) is 0 Å². The number of rotatable bonds is 6. The van der Waals surface area contributed by atoms with Gasteiger partial charge in [-0.25, -0.2) is 0 Å². The van der Waals surface area contributed by atoms with E-state index in [0.29, 0.717) is 12.0 Å². The first-order chi connectivity index (χ1) is 9.29. The fourth-order valence-corrected chi connectivity index (χ4v) is 3.33. The first-order valence-electron chi connectivity index (χ1n) is 8.24. The molecule has 0 amide bonds. The highest BCUT2D eigenvalue weighted by Gasteiger charge is 2.31. The first-order valence-corrected chi connectivity index (χ1v) is 8.24. The van der Waals surface area contributed by atoms with Crippen molar-refractivity contribution in [3.8, 4) is 0 Å². The number of hydrogen-bond donors (Lipinski definition) is 1. The predicted molar refractivity (Wildman–Crippen MR) is 76.0 cm³/mol. The molecule has 2 fully saturated rings. The molecule has 1 aliphatic carbocycles. The lowest BCUT2D eigenvalue weighted by atomic mass is 9.81. The Hall–Kier alpha value is -0.120. The molecule has 0 aromatic heterocycles. The summed E-state index contributed by atoms with van der Waals surface area (Å²) < 4.78 is 11.7. The summed E-state index contributed by atoms with van der Waals surface area (Å²) in [5.41, 5.74) is 0. The van der Waals surface area contributed by atoms with E-state index in [1.165, 1.54) is 32.1 Å². The minimum Gasteiger partial charge on any atom is -0.393 e. The largest absolute Gasteiger partial charge is 0.393 e. The smallest absolute Gasteiger partial charge is 0.157 e. The van der Waals surface area contributed by atoms with Gasteiger partial charge in [0.05, 0.1) is 12.2 Å². The van der Waals surface area contributed by atoms with Gasteiger partial charge in [-0.1, -0.05) is 26.2 Å². The highest BCUT2D eigenvalue weighted by molar-refractivity contribution is 4.80. The fraction of sp³-hybridized carbons (Fsp3) is 1.00. The third-order valence-electron chi connectivity index (χ3n) is 4.55. The van der Waals surface area contributed by atoms with E-state index in [2.05, 4.69) is 6.92 Å². The molecule has 1 saturated carbocycles. The molecule has 0 radical (unpaired) electrons. The SMILES string of the molecule is CCCCCC1CC(OC2CCCCO2)CCC1O. The summed E-state index contributed by atoms with van der Waals surface area (Å²) in [6, 6.07) is 0. The van der Waals surface area contributed by atoms with Crippen LogP contribution in [0.4, 0.5) is 0 Å². The van der Waals surface area contributed by atoms with E-state index in [0.717, 1.165) is 38.7 Å².